The second kappa shape index (κ2) is 8.99. The molecule has 0 amide bonds. The molecule has 0 unspecified atom stereocenters. The van der Waals surface area contributed by atoms with Crippen LogP contribution in [0.2, 0.25) is 0 Å². The zero-order valence-corrected chi connectivity index (χ0v) is 19.6. The monoisotopic (exact) mass is 522 g/mol. The van der Waals surface area contributed by atoms with Crippen molar-refractivity contribution in [3.63, 3.8) is 0 Å². The molecule has 4 rings (SSSR count). The highest BCUT2D eigenvalue weighted by Crippen LogP contribution is 2.39. The average molecular weight is 523 g/mol. The van der Waals surface area contributed by atoms with Crippen molar-refractivity contribution < 1.29 is 29.2 Å². The number of methoxy groups -OCH3 is 1. The van der Waals surface area contributed by atoms with Gasteiger partial charge in [0.1, 0.15) is 18.0 Å². The van der Waals surface area contributed by atoms with Gasteiger partial charge in [-0.1, -0.05) is 15.9 Å². The first kappa shape index (κ1) is 23.6. The van der Waals surface area contributed by atoms with Gasteiger partial charge in [-0.3, -0.25) is 0 Å². The van der Waals surface area contributed by atoms with E-state index in [1.165, 1.54) is 25.6 Å². The molecule has 11 heteroatoms. The maximum Gasteiger partial charge on any atom is 0.352 e. The Bertz CT molecular complexity index is 1170. The normalized spacial score (nSPS) is 16.6. The highest BCUT2D eigenvalue weighted by molar-refractivity contribution is 9.10. The molecule has 3 aromatic rings. The van der Waals surface area contributed by atoms with Crippen LogP contribution in [0.15, 0.2) is 41.1 Å². The Kier molecular flexibility index (Phi) is 6.43. The first-order valence-electron chi connectivity index (χ1n) is 10.2. The van der Waals surface area contributed by atoms with E-state index >= 15 is 0 Å². The maximum absolute atomic E-state index is 14.3. The number of ether oxygens (including phenoxy) is 2. The lowest BCUT2D eigenvalue weighted by atomic mass is 9.89. The number of piperidine rings is 1. The van der Waals surface area contributed by atoms with E-state index in [2.05, 4.69) is 31.2 Å². The Balaban J connectivity index is 1.68. The summed E-state index contributed by atoms with van der Waals surface area (Å²) in [6.07, 6.45) is 1.51. The number of rotatable bonds is 6. The second-order valence-electron chi connectivity index (χ2n) is 8.04. The number of anilines is 2. The SMILES string of the molecule is COc1cc2c(Nc3ccc(Br)cc3F)ncnc2cc1OC(O)(O)C1(O)CCN(C)CC1. The van der Waals surface area contributed by atoms with Gasteiger partial charge in [0.15, 0.2) is 17.1 Å². The fraction of sp³-hybridized carbons (Fsp3) is 0.364. The molecule has 0 spiro atoms. The molecule has 1 aromatic heterocycles. The molecule has 2 aromatic carbocycles. The van der Waals surface area contributed by atoms with Crippen molar-refractivity contribution in [2.24, 2.45) is 0 Å². The van der Waals surface area contributed by atoms with E-state index in [1.807, 2.05) is 11.9 Å². The quantitative estimate of drug-likeness (QED) is 0.362. The first-order chi connectivity index (χ1) is 15.6. The van der Waals surface area contributed by atoms with E-state index < -0.39 is 17.4 Å². The van der Waals surface area contributed by atoms with Crippen LogP contribution in [-0.2, 0) is 0 Å². The number of aliphatic hydroxyl groups is 3. The van der Waals surface area contributed by atoms with Crippen molar-refractivity contribution in [2.75, 3.05) is 32.6 Å². The van der Waals surface area contributed by atoms with Gasteiger partial charge >= 0.3 is 5.97 Å². The summed E-state index contributed by atoms with van der Waals surface area (Å²) >= 11 is 3.22. The molecule has 0 bridgehead atoms. The predicted octanol–water partition coefficient (Wildman–Crippen LogP) is 2.76. The molecule has 2 heterocycles. The molecule has 0 aliphatic carbocycles. The zero-order chi connectivity index (χ0) is 23.8. The number of fused-ring (bicyclic) bond motifs is 1. The van der Waals surface area contributed by atoms with Gasteiger partial charge in [0.2, 0.25) is 0 Å². The third kappa shape index (κ3) is 4.73. The third-order valence-corrected chi connectivity index (χ3v) is 6.27. The van der Waals surface area contributed by atoms with Gasteiger partial charge in [0.25, 0.3) is 0 Å². The number of benzene rings is 2. The van der Waals surface area contributed by atoms with Crippen molar-refractivity contribution in [3.05, 3.63) is 46.9 Å². The fourth-order valence-electron chi connectivity index (χ4n) is 3.68. The molecule has 0 atom stereocenters. The summed E-state index contributed by atoms with van der Waals surface area (Å²) in [5, 5.41) is 35.6. The Hall–Kier alpha value is -2.57. The lowest BCUT2D eigenvalue weighted by molar-refractivity contribution is -0.381. The number of nitrogens with one attached hydrogen (secondary N) is 1. The topological polar surface area (TPSA) is 120 Å². The number of hydrogen-bond acceptors (Lipinski definition) is 9. The van der Waals surface area contributed by atoms with Crippen LogP contribution in [0.25, 0.3) is 10.9 Å². The largest absolute Gasteiger partial charge is 0.493 e. The van der Waals surface area contributed by atoms with Crippen molar-refractivity contribution in [1.82, 2.24) is 14.9 Å². The van der Waals surface area contributed by atoms with Crippen molar-refractivity contribution in [1.29, 1.82) is 0 Å². The number of hydrogen-bond donors (Lipinski definition) is 4. The summed E-state index contributed by atoms with van der Waals surface area (Å²) in [7, 11) is 3.27. The smallest absolute Gasteiger partial charge is 0.352 e. The van der Waals surface area contributed by atoms with E-state index in [0.29, 0.717) is 34.3 Å². The number of likely N-dealkylation sites (tertiary alicyclic amines) is 1. The highest BCUT2D eigenvalue weighted by atomic mass is 79.9. The lowest BCUT2D eigenvalue weighted by Gasteiger charge is -2.43. The minimum absolute atomic E-state index is 0.0261. The van der Waals surface area contributed by atoms with Crippen LogP contribution in [0.3, 0.4) is 0 Å². The first-order valence-corrected chi connectivity index (χ1v) is 11.0. The summed E-state index contributed by atoms with van der Waals surface area (Å²) in [4.78, 5) is 10.4. The van der Waals surface area contributed by atoms with Crippen LogP contribution in [0, 0.1) is 5.82 Å². The van der Waals surface area contributed by atoms with Gasteiger partial charge < -0.3 is 35.0 Å². The van der Waals surface area contributed by atoms with Crippen LogP contribution < -0.4 is 14.8 Å². The Morgan fingerprint density at radius 2 is 1.88 bits per heavy atom. The van der Waals surface area contributed by atoms with Crippen LogP contribution in [0.5, 0.6) is 11.5 Å². The molecular formula is C22H24BrFN4O5. The molecule has 1 aliphatic rings. The van der Waals surface area contributed by atoms with Gasteiger partial charge in [-0.15, -0.1) is 0 Å². The van der Waals surface area contributed by atoms with Gasteiger partial charge in [0.05, 0.1) is 18.3 Å². The van der Waals surface area contributed by atoms with Gasteiger partial charge in [-0.25, -0.2) is 14.4 Å². The molecule has 1 fully saturated rings. The number of aromatic nitrogens is 2. The third-order valence-electron chi connectivity index (χ3n) is 5.78. The highest BCUT2D eigenvalue weighted by Gasteiger charge is 2.52. The predicted molar refractivity (Wildman–Crippen MR) is 123 cm³/mol. The van der Waals surface area contributed by atoms with E-state index in [-0.39, 0.29) is 30.0 Å². The minimum Gasteiger partial charge on any atom is -0.493 e. The van der Waals surface area contributed by atoms with Gasteiger partial charge in [-0.05, 0) is 44.2 Å². The summed E-state index contributed by atoms with van der Waals surface area (Å²) in [6, 6.07) is 7.57. The summed E-state index contributed by atoms with van der Waals surface area (Å²) in [5.41, 5.74) is -1.27. The Labute approximate surface area is 197 Å². The van der Waals surface area contributed by atoms with E-state index in [0.717, 1.165) is 0 Å². The molecule has 4 N–H and O–H groups in total. The molecule has 1 saturated heterocycles. The molecule has 0 saturated carbocycles. The Morgan fingerprint density at radius 3 is 2.55 bits per heavy atom. The summed E-state index contributed by atoms with van der Waals surface area (Å²) in [5.74, 6) is -2.88. The van der Waals surface area contributed by atoms with Crippen molar-refractivity contribution in [3.8, 4) is 11.5 Å². The number of halogens is 2. The summed E-state index contributed by atoms with van der Waals surface area (Å²) in [6.45, 7) is 0.957. The fourth-order valence-corrected chi connectivity index (χ4v) is 4.02. The lowest BCUT2D eigenvalue weighted by Crippen LogP contribution is -2.62. The van der Waals surface area contributed by atoms with E-state index in [9.17, 15) is 19.7 Å². The number of nitrogens with zero attached hydrogens (tertiary/aromatic N) is 3. The van der Waals surface area contributed by atoms with Crippen LogP contribution in [0.4, 0.5) is 15.9 Å². The van der Waals surface area contributed by atoms with Crippen LogP contribution in [-0.4, -0.2) is 69.0 Å². The molecular weight excluding hydrogens is 499 g/mol. The van der Waals surface area contributed by atoms with Crippen LogP contribution >= 0.6 is 15.9 Å². The van der Waals surface area contributed by atoms with Gasteiger partial charge in [-0.2, -0.15) is 0 Å². The Morgan fingerprint density at radius 1 is 1.15 bits per heavy atom. The maximum atomic E-state index is 14.3. The molecule has 33 heavy (non-hydrogen) atoms. The molecule has 0 radical (unpaired) electrons. The van der Waals surface area contributed by atoms with Gasteiger partial charge in [0, 0.05) is 29.0 Å². The standard InChI is InChI=1S/C22H24BrFN4O5/c1-28-7-5-21(29,6-8-28)22(30,31)33-19-11-17-14(10-18(19)32-2)20(26-12-25-17)27-16-4-3-13(23)9-15(16)24/h3-4,9-12,29-31H,5-8H2,1-2H3,(H,25,26,27). The van der Waals surface area contributed by atoms with Crippen molar-refractivity contribution >= 4 is 38.3 Å². The average Bonchev–Trinajstić information content (AvgIpc) is 2.77. The molecule has 176 valence electrons. The second-order valence-corrected chi connectivity index (χ2v) is 8.95. The molecule has 1 aliphatic heterocycles. The van der Waals surface area contributed by atoms with E-state index in [1.54, 1.807) is 18.2 Å². The zero-order valence-electron chi connectivity index (χ0n) is 18.0. The summed E-state index contributed by atoms with van der Waals surface area (Å²) < 4.78 is 25.8. The van der Waals surface area contributed by atoms with Crippen LogP contribution in [0.1, 0.15) is 12.8 Å². The minimum atomic E-state index is -2.86. The van der Waals surface area contributed by atoms with E-state index in [4.69, 9.17) is 9.47 Å². The molecule has 9 nitrogen and oxygen atoms in total. The van der Waals surface area contributed by atoms with Crippen molar-refractivity contribution in [2.45, 2.75) is 24.4 Å².